The zero-order chi connectivity index (χ0) is 21.5. The number of aryl methyl sites for hydroxylation is 1. The predicted molar refractivity (Wildman–Crippen MR) is 111 cm³/mol. The number of nitrogens with zero attached hydrogens (tertiary/aromatic N) is 1. The molecule has 1 atom stereocenters. The van der Waals surface area contributed by atoms with E-state index >= 15 is 0 Å². The van der Waals surface area contributed by atoms with Crippen LogP contribution in [0.3, 0.4) is 0 Å². The van der Waals surface area contributed by atoms with Gasteiger partial charge in [-0.15, -0.1) is 0 Å². The number of hydrogen-bond acceptors (Lipinski definition) is 6. The first-order valence-corrected chi connectivity index (χ1v) is 9.59. The molecule has 3 N–H and O–H groups in total. The number of H-pyrrole nitrogens is 1. The number of fused-ring (bicyclic) bond motifs is 1. The molecule has 0 fully saturated rings. The summed E-state index contributed by atoms with van der Waals surface area (Å²) in [4.78, 5) is 43.6. The Labute approximate surface area is 172 Å². The van der Waals surface area contributed by atoms with Crippen LogP contribution < -0.4 is 10.9 Å². The van der Waals surface area contributed by atoms with Gasteiger partial charge in [0, 0.05) is 19.3 Å². The summed E-state index contributed by atoms with van der Waals surface area (Å²) in [5.41, 5.74) is 1.18. The molecule has 0 aliphatic carbocycles. The van der Waals surface area contributed by atoms with Crippen LogP contribution in [0, 0.1) is 0 Å². The van der Waals surface area contributed by atoms with Gasteiger partial charge in [0.2, 0.25) is 5.91 Å². The van der Waals surface area contributed by atoms with Crippen molar-refractivity contribution in [2.75, 3.05) is 7.11 Å². The summed E-state index contributed by atoms with van der Waals surface area (Å²) in [7, 11) is 1.26. The molecule has 0 bridgehead atoms. The van der Waals surface area contributed by atoms with E-state index in [1.807, 2.05) is 6.07 Å². The van der Waals surface area contributed by atoms with Crippen molar-refractivity contribution in [3.63, 3.8) is 0 Å². The van der Waals surface area contributed by atoms with E-state index in [2.05, 4.69) is 15.3 Å². The molecule has 0 spiro atoms. The van der Waals surface area contributed by atoms with Crippen molar-refractivity contribution in [3.8, 4) is 5.75 Å². The van der Waals surface area contributed by atoms with Gasteiger partial charge in [0.25, 0.3) is 5.56 Å². The largest absolute Gasteiger partial charge is 0.508 e. The Morgan fingerprint density at radius 3 is 2.63 bits per heavy atom. The highest BCUT2D eigenvalue weighted by atomic mass is 16.5. The van der Waals surface area contributed by atoms with Gasteiger partial charge in [-0.25, -0.2) is 9.78 Å². The highest BCUT2D eigenvalue weighted by Crippen LogP contribution is 2.12. The zero-order valence-electron chi connectivity index (χ0n) is 16.6. The second kappa shape index (κ2) is 9.69. The lowest BCUT2D eigenvalue weighted by atomic mass is 10.1. The van der Waals surface area contributed by atoms with Crippen LogP contribution in [0.15, 0.2) is 53.3 Å². The summed E-state index contributed by atoms with van der Waals surface area (Å²) in [6.45, 7) is 0. The Hall–Kier alpha value is -3.68. The number of hydrogen-bond donors (Lipinski definition) is 3. The number of phenols is 1. The molecule has 3 aromatic rings. The van der Waals surface area contributed by atoms with Gasteiger partial charge in [0.05, 0.1) is 18.0 Å². The van der Waals surface area contributed by atoms with E-state index in [1.165, 1.54) is 19.2 Å². The molecule has 156 valence electrons. The van der Waals surface area contributed by atoms with Gasteiger partial charge in [0.1, 0.15) is 17.6 Å². The normalized spacial score (nSPS) is 11.8. The Balaban J connectivity index is 1.57. The van der Waals surface area contributed by atoms with Crippen LogP contribution in [0.25, 0.3) is 10.9 Å². The topological polar surface area (TPSA) is 121 Å². The average molecular weight is 409 g/mol. The monoisotopic (exact) mass is 409 g/mol. The van der Waals surface area contributed by atoms with Gasteiger partial charge in [-0.1, -0.05) is 24.3 Å². The standard InChI is InChI=1S/C22H23N3O5/c1-30-22(29)18(13-14-9-11-15(26)12-10-14)24-20(27)8-4-7-19-23-17-6-3-2-5-16(17)21(28)25-19/h2-3,5-6,9-12,18,26H,4,7-8,13H2,1H3,(H,24,27)(H,23,25,28)/t18-/m0/s1. The number of ether oxygens (including phenoxy) is 1. The van der Waals surface area contributed by atoms with Gasteiger partial charge in [-0.2, -0.15) is 0 Å². The molecular formula is C22H23N3O5. The number of esters is 1. The van der Waals surface area contributed by atoms with Crippen LogP contribution in [0.1, 0.15) is 24.2 Å². The first-order valence-electron chi connectivity index (χ1n) is 9.59. The second-order valence-electron chi connectivity index (χ2n) is 6.90. The number of aromatic nitrogens is 2. The number of methoxy groups -OCH3 is 1. The third-order valence-electron chi connectivity index (χ3n) is 4.68. The number of amides is 1. The molecule has 8 heteroatoms. The summed E-state index contributed by atoms with van der Waals surface area (Å²) < 4.78 is 4.78. The van der Waals surface area contributed by atoms with E-state index in [9.17, 15) is 19.5 Å². The molecule has 0 aliphatic heterocycles. The maximum atomic E-state index is 12.3. The molecule has 0 saturated heterocycles. The van der Waals surface area contributed by atoms with E-state index in [1.54, 1.807) is 30.3 Å². The van der Waals surface area contributed by atoms with Gasteiger partial charge < -0.3 is 20.1 Å². The lowest BCUT2D eigenvalue weighted by molar-refractivity contribution is -0.145. The summed E-state index contributed by atoms with van der Waals surface area (Å²) in [6, 6.07) is 12.6. The highest BCUT2D eigenvalue weighted by molar-refractivity contribution is 5.84. The van der Waals surface area contributed by atoms with Crippen LogP contribution in [0.2, 0.25) is 0 Å². The zero-order valence-corrected chi connectivity index (χ0v) is 16.6. The van der Waals surface area contributed by atoms with Crippen LogP contribution in [0.4, 0.5) is 0 Å². The maximum absolute atomic E-state index is 12.3. The number of aromatic hydroxyl groups is 1. The second-order valence-corrected chi connectivity index (χ2v) is 6.90. The number of para-hydroxylation sites is 1. The van der Waals surface area contributed by atoms with Crippen molar-refractivity contribution < 1.29 is 19.4 Å². The molecular weight excluding hydrogens is 386 g/mol. The van der Waals surface area contributed by atoms with Gasteiger partial charge >= 0.3 is 5.97 Å². The van der Waals surface area contributed by atoms with E-state index in [0.29, 0.717) is 29.6 Å². The molecule has 1 aromatic heterocycles. The van der Waals surface area contributed by atoms with Crippen molar-refractivity contribution in [2.45, 2.75) is 31.7 Å². The number of benzene rings is 2. The van der Waals surface area contributed by atoms with Crippen LogP contribution >= 0.6 is 0 Å². The summed E-state index contributed by atoms with van der Waals surface area (Å²) >= 11 is 0. The molecule has 0 radical (unpaired) electrons. The minimum Gasteiger partial charge on any atom is -0.508 e. The summed E-state index contributed by atoms with van der Waals surface area (Å²) in [6.07, 6.45) is 1.30. The van der Waals surface area contributed by atoms with Crippen LogP contribution in [-0.4, -0.2) is 40.1 Å². The van der Waals surface area contributed by atoms with E-state index < -0.39 is 12.0 Å². The smallest absolute Gasteiger partial charge is 0.328 e. The maximum Gasteiger partial charge on any atom is 0.328 e. The number of aromatic amines is 1. The quantitative estimate of drug-likeness (QED) is 0.488. The van der Waals surface area contributed by atoms with E-state index in [4.69, 9.17) is 4.74 Å². The van der Waals surface area contributed by atoms with Crippen molar-refractivity contribution in [2.24, 2.45) is 0 Å². The van der Waals surface area contributed by atoms with E-state index in [-0.39, 0.29) is 30.1 Å². The van der Waals surface area contributed by atoms with E-state index in [0.717, 1.165) is 5.56 Å². The number of nitrogens with one attached hydrogen (secondary N) is 2. The fraction of sp³-hybridized carbons (Fsp3) is 0.273. The number of carbonyl (C=O) groups excluding carboxylic acids is 2. The number of carbonyl (C=O) groups is 2. The lowest BCUT2D eigenvalue weighted by Crippen LogP contribution is -2.43. The Kier molecular flexibility index (Phi) is 6.79. The van der Waals surface area contributed by atoms with Gasteiger partial charge in [0.15, 0.2) is 0 Å². The minimum absolute atomic E-state index is 0.123. The molecule has 30 heavy (non-hydrogen) atoms. The Morgan fingerprint density at radius 2 is 1.90 bits per heavy atom. The van der Waals surface area contributed by atoms with Gasteiger partial charge in [-0.05, 0) is 36.2 Å². The molecule has 0 unspecified atom stereocenters. The molecule has 0 saturated carbocycles. The van der Waals surface area contributed by atoms with Crippen molar-refractivity contribution >= 4 is 22.8 Å². The van der Waals surface area contributed by atoms with Crippen molar-refractivity contribution in [1.29, 1.82) is 0 Å². The summed E-state index contributed by atoms with van der Waals surface area (Å²) in [5.74, 6) is -0.206. The summed E-state index contributed by atoms with van der Waals surface area (Å²) in [5, 5.41) is 12.6. The third kappa shape index (κ3) is 5.44. The highest BCUT2D eigenvalue weighted by Gasteiger charge is 2.21. The molecule has 3 rings (SSSR count). The fourth-order valence-corrected chi connectivity index (χ4v) is 3.14. The number of rotatable bonds is 8. The first-order chi connectivity index (χ1) is 14.5. The predicted octanol–water partition coefficient (Wildman–Crippen LogP) is 1.85. The van der Waals surface area contributed by atoms with Gasteiger partial charge in [-0.3, -0.25) is 9.59 Å². The first kappa shape index (κ1) is 21.0. The molecule has 2 aromatic carbocycles. The van der Waals surface area contributed by atoms with Crippen LogP contribution in [0.5, 0.6) is 5.75 Å². The third-order valence-corrected chi connectivity index (χ3v) is 4.68. The number of phenolic OH excluding ortho intramolecular Hbond substituents is 1. The molecule has 8 nitrogen and oxygen atoms in total. The molecule has 1 amide bonds. The lowest BCUT2D eigenvalue weighted by Gasteiger charge is -2.16. The Bertz CT molecular complexity index is 1090. The Morgan fingerprint density at radius 1 is 1.17 bits per heavy atom. The van der Waals surface area contributed by atoms with Crippen molar-refractivity contribution in [1.82, 2.24) is 15.3 Å². The SMILES string of the molecule is COC(=O)[C@H](Cc1ccc(O)cc1)NC(=O)CCCc1nc2ccccc2c(=O)[nH]1. The van der Waals surface area contributed by atoms with Crippen LogP contribution in [-0.2, 0) is 27.2 Å². The van der Waals surface area contributed by atoms with Crippen molar-refractivity contribution in [3.05, 3.63) is 70.3 Å². The minimum atomic E-state index is -0.828. The molecule has 0 aliphatic rings. The average Bonchev–Trinajstić information content (AvgIpc) is 2.74. The molecule has 1 heterocycles. The fourth-order valence-electron chi connectivity index (χ4n) is 3.14.